The molecule has 0 saturated heterocycles. The van der Waals surface area contributed by atoms with Gasteiger partial charge in [-0.3, -0.25) is 5.84 Å². The Morgan fingerprint density at radius 1 is 1.46 bits per heavy atom. The van der Waals surface area contributed by atoms with E-state index in [0.717, 1.165) is 12.0 Å². The monoisotopic (exact) mass is 178 g/mol. The van der Waals surface area contributed by atoms with E-state index < -0.39 is 6.10 Å². The third kappa shape index (κ3) is 1.35. The molecule has 2 atom stereocenters. The van der Waals surface area contributed by atoms with E-state index in [1.165, 1.54) is 5.56 Å². The Morgan fingerprint density at radius 3 is 2.77 bits per heavy atom. The normalized spacial score (nSPS) is 26.5. The molecule has 0 fully saturated rings. The highest BCUT2D eigenvalue weighted by atomic mass is 16.3. The lowest BCUT2D eigenvalue weighted by Gasteiger charge is -2.21. The van der Waals surface area contributed by atoms with Crippen LogP contribution in [0.1, 0.15) is 17.2 Å². The van der Waals surface area contributed by atoms with E-state index in [-0.39, 0.29) is 6.04 Å². The fraction of sp³-hybridized carbons (Fsp3) is 0.400. The Hall–Kier alpha value is -0.900. The lowest BCUT2D eigenvalue weighted by molar-refractivity contribution is 0.0764. The predicted molar refractivity (Wildman–Crippen MR) is 50.8 cm³/mol. The molecule has 1 aliphatic carbocycles. The van der Waals surface area contributed by atoms with Crippen LogP contribution in [0.5, 0.6) is 0 Å². The van der Waals surface area contributed by atoms with Crippen molar-refractivity contribution in [1.29, 1.82) is 0 Å². The maximum atomic E-state index is 9.89. The number of hydrogen-bond donors (Lipinski definition) is 2. The first-order valence-electron chi connectivity index (χ1n) is 4.43. The number of aliphatic hydroxyl groups excluding tert-OH is 1. The van der Waals surface area contributed by atoms with Crippen molar-refractivity contribution in [3.8, 4) is 0 Å². The Balaban J connectivity index is 2.32. The second-order valence-corrected chi connectivity index (χ2v) is 3.58. The van der Waals surface area contributed by atoms with Gasteiger partial charge >= 0.3 is 0 Å². The van der Waals surface area contributed by atoms with E-state index in [2.05, 4.69) is 0 Å². The highest BCUT2D eigenvalue weighted by Crippen LogP contribution is 2.32. The maximum Gasteiger partial charge on any atom is 0.0964 e. The third-order valence-corrected chi connectivity index (χ3v) is 2.69. The first kappa shape index (κ1) is 8.69. The summed E-state index contributed by atoms with van der Waals surface area (Å²) in [6.45, 7) is 0. The third-order valence-electron chi connectivity index (χ3n) is 2.69. The molecular formula is C10H14N2O. The Morgan fingerprint density at radius 2 is 2.15 bits per heavy atom. The zero-order valence-electron chi connectivity index (χ0n) is 7.64. The molecule has 2 rings (SSSR count). The minimum atomic E-state index is -0.439. The van der Waals surface area contributed by atoms with E-state index in [1.54, 1.807) is 12.1 Å². The van der Waals surface area contributed by atoms with E-state index in [1.807, 2.05) is 24.3 Å². The fourth-order valence-electron chi connectivity index (χ4n) is 1.92. The van der Waals surface area contributed by atoms with Crippen molar-refractivity contribution >= 4 is 0 Å². The number of rotatable bonds is 1. The van der Waals surface area contributed by atoms with Gasteiger partial charge in [-0.15, -0.1) is 0 Å². The van der Waals surface area contributed by atoms with Crippen LogP contribution in [0.15, 0.2) is 24.3 Å². The second kappa shape index (κ2) is 3.10. The molecule has 3 nitrogen and oxygen atoms in total. The van der Waals surface area contributed by atoms with Crippen molar-refractivity contribution in [3.63, 3.8) is 0 Å². The first-order valence-corrected chi connectivity index (χ1v) is 4.43. The van der Waals surface area contributed by atoms with Crippen molar-refractivity contribution in [1.82, 2.24) is 5.01 Å². The summed E-state index contributed by atoms with van der Waals surface area (Å²) < 4.78 is 0. The van der Waals surface area contributed by atoms with Crippen LogP contribution >= 0.6 is 0 Å². The summed E-state index contributed by atoms with van der Waals surface area (Å²) in [6, 6.07) is 7.97. The largest absolute Gasteiger partial charge is 0.387 e. The summed E-state index contributed by atoms with van der Waals surface area (Å²) in [5.74, 6) is 5.64. The molecule has 2 unspecified atom stereocenters. The van der Waals surface area contributed by atoms with E-state index in [0.29, 0.717) is 0 Å². The Labute approximate surface area is 77.7 Å². The smallest absolute Gasteiger partial charge is 0.0964 e. The lowest BCUT2D eigenvalue weighted by Crippen LogP contribution is -2.40. The van der Waals surface area contributed by atoms with Gasteiger partial charge in [0.15, 0.2) is 0 Å². The molecule has 1 aliphatic rings. The maximum absolute atomic E-state index is 9.89. The topological polar surface area (TPSA) is 49.5 Å². The molecule has 3 heteroatoms. The van der Waals surface area contributed by atoms with Crippen LogP contribution < -0.4 is 5.84 Å². The van der Waals surface area contributed by atoms with Crippen molar-refractivity contribution < 1.29 is 5.11 Å². The molecule has 0 radical (unpaired) electrons. The van der Waals surface area contributed by atoms with Crippen LogP contribution in [-0.4, -0.2) is 23.2 Å². The summed E-state index contributed by atoms with van der Waals surface area (Å²) in [7, 11) is 1.79. The van der Waals surface area contributed by atoms with Crippen LogP contribution in [0, 0.1) is 0 Å². The first-order chi connectivity index (χ1) is 6.20. The van der Waals surface area contributed by atoms with Gasteiger partial charge < -0.3 is 5.11 Å². The van der Waals surface area contributed by atoms with Crippen molar-refractivity contribution in [3.05, 3.63) is 35.4 Å². The highest BCUT2D eigenvalue weighted by Gasteiger charge is 2.32. The van der Waals surface area contributed by atoms with E-state index in [4.69, 9.17) is 5.84 Å². The minimum absolute atomic E-state index is 0.0254. The molecule has 0 bridgehead atoms. The van der Waals surface area contributed by atoms with Gasteiger partial charge in [0, 0.05) is 7.05 Å². The number of fused-ring (bicyclic) bond motifs is 1. The summed E-state index contributed by atoms with van der Waals surface area (Å²) in [5.41, 5.74) is 2.22. The molecule has 70 valence electrons. The molecule has 0 aliphatic heterocycles. The molecule has 13 heavy (non-hydrogen) atoms. The number of likely N-dealkylation sites (N-methyl/N-ethyl adjacent to an activating group) is 1. The number of nitrogens with two attached hydrogens (primary N) is 1. The molecule has 1 aromatic carbocycles. The van der Waals surface area contributed by atoms with Gasteiger partial charge in [0.1, 0.15) is 0 Å². The molecule has 3 N–H and O–H groups in total. The van der Waals surface area contributed by atoms with Crippen LogP contribution in [0.4, 0.5) is 0 Å². The quantitative estimate of drug-likeness (QED) is 0.485. The SMILES string of the molecule is CN(N)C1Cc2ccccc2C1O. The summed E-state index contributed by atoms with van der Waals surface area (Å²) >= 11 is 0. The number of aliphatic hydroxyl groups is 1. The molecule has 0 heterocycles. The number of hydrazine groups is 1. The van der Waals surface area contributed by atoms with Gasteiger partial charge in [-0.2, -0.15) is 0 Å². The van der Waals surface area contributed by atoms with Crippen LogP contribution in [0.2, 0.25) is 0 Å². The van der Waals surface area contributed by atoms with Gasteiger partial charge in [-0.25, -0.2) is 5.01 Å². The molecule has 0 aromatic heterocycles. The van der Waals surface area contributed by atoms with Crippen LogP contribution in [0.3, 0.4) is 0 Å². The van der Waals surface area contributed by atoms with E-state index in [9.17, 15) is 5.11 Å². The predicted octanol–water partition coefficient (Wildman–Crippen LogP) is 0.450. The lowest BCUT2D eigenvalue weighted by atomic mass is 10.1. The van der Waals surface area contributed by atoms with Crippen molar-refractivity contribution in [2.24, 2.45) is 5.84 Å². The summed E-state index contributed by atoms with van der Waals surface area (Å²) in [5, 5.41) is 11.5. The second-order valence-electron chi connectivity index (χ2n) is 3.58. The van der Waals surface area contributed by atoms with Crippen LogP contribution in [0.25, 0.3) is 0 Å². The highest BCUT2D eigenvalue weighted by molar-refractivity contribution is 5.35. The molecule has 0 spiro atoms. The Kier molecular flexibility index (Phi) is 2.07. The van der Waals surface area contributed by atoms with Crippen molar-refractivity contribution in [2.45, 2.75) is 18.6 Å². The van der Waals surface area contributed by atoms with Gasteiger partial charge in [0.05, 0.1) is 12.1 Å². The standard InChI is InChI=1S/C10H14N2O/c1-12(11)9-6-7-4-2-3-5-8(7)10(9)13/h2-5,9-10,13H,6,11H2,1H3. The van der Waals surface area contributed by atoms with Gasteiger partial charge in [-0.1, -0.05) is 24.3 Å². The zero-order valence-corrected chi connectivity index (χ0v) is 7.64. The number of hydrogen-bond acceptors (Lipinski definition) is 3. The molecule has 0 saturated carbocycles. The van der Waals surface area contributed by atoms with E-state index >= 15 is 0 Å². The van der Waals surface area contributed by atoms with Gasteiger partial charge in [0.25, 0.3) is 0 Å². The fourth-order valence-corrected chi connectivity index (χ4v) is 1.92. The number of nitrogens with zero attached hydrogens (tertiary/aromatic N) is 1. The molecule has 1 aromatic rings. The van der Waals surface area contributed by atoms with Gasteiger partial charge in [-0.05, 0) is 17.5 Å². The van der Waals surface area contributed by atoms with Crippen LogP contribution in [-0.2, 0) is 6.42 Å². The molecule has 0 amide bonds. The minimum Gasteiger partial charge on any atom is -0.387 e. The van der Waals surface area contributed by atoms with Crippen molar-refractivity contribution in [2.75, 3.05) is 7.05 Å². The number of benzene rings is 1. The average molecular weight is 178 g/mol. The molecular weight excluding hydrogens is 164 g/mol. The van der Waals surface area contributed by atoms with Gasteiger partial charge in [0.2, 0.25) is 0 Å². The Bertz CT molecular complexity index is 312. The average Bonchev–Trinajstić information content (AvgIpc) is 2.45. The summed E-state index contributed by atoms with van der Waals surface area (Å²) in [4.78, 5) is 0. The zero-order chi connectivity index (χ0) is 9.42. The summed E-state index contributed by atoms with van der Waals surface area (Å²) in [6.07, 6.45) is 0.399.